The van der Waals surface area contributed by atoms with E-state index in [1.807, 2.05) is 42.6 Å². The standard InChI is InChI=1S/C18H24N4O/c23-13-12-22-10-7-15(8-11-22)14-20-17-6-9-19-18(21-17)16-4-2-1-3-5-16/h1-6,9,15,23H,7-8,10-14H2,(H,19,20,21). The van der Waals surface area contributed by atoms with Gasteiger partial charge in [-0.05, 0) is 37.9 Å². The molecule has 0 radical (unpaired) electrons. The minimum absolute atomic E-state index is 0.256. The second kappa shape index (κ2) is 8.04. The number of likely N-dealkylation sites (tertiary alicyclic amines) is 1. The number of β-amino-alcohol motifs (C(OH)–C–C–N with tert-alkyl or cyclic N) is 1. The van der Waals surface area contributed by atoms with Crippen LogP contribution in [0.2, 0.25) is 0 Å². The Labute approximate surface area is 137 Å². The molecule has 1 saturated heterocycles. The van der Waals surface area contributed by atoms with Crippen LogP contribution in [-0.4, -0.2) is 52.8 Å². The van der Waals surface area contributed by atoms with Gasteiger partial charge in [0.25, 0.3) is 0 Å². The summed E-state index contributed by atoms with van der Waals surface area (Å²) in [5, 5.41) is 12.4. The van der Waals surface area contributed by atoms with Crippen molar-refractivity contribution in [3.8, 4) is 11.4 Å². The zero-order chi connectivity index (χ0) is 15.9. The monoisotopic (exact) mass is 312 g/mol. The van der Waals surface area contributed by atoms with Gasteiger partial charge in [0.1, 0.15) is 5.82 Å². The number of aliphatic hydroxyl groups excluding tert-OH is 1. The van der Waals surface area contributed by atoms with E-state index in [9.17, 15) is 0 Å². The molecule has 0 amide bonds. The quantitative estimate of drug-likeness (QED) is 0.857. The summed E-state index contributed by atoms with van der Waals surface area (Å²) in [5.74, 6) is 2.31. The Morgan fingerprint density at radius 1 is 1.13 bits per heavy atom. The van der Waals surface area contributed by atoms with Crippen LogP contribution in [0.25, 0.3) is 11.4 Å². The molecule has 1 aromatic carbocycles. The fraction of sp³-hybridized carbons (Fsp3) is 0.444. The molecule has 0 atom stereocenters. The Hall–Kier alpha value is -1.98. The Balaban J connectivity index is 1.53. The van der Waals surface area contributed by atoms with E-state index in [0.29, 0.717) is 5.92 Å². The van der Waals surface area contributed by atoms with Gasteiger partial charge in [0.05, 0.1) is 6.61 Å². The highest BCUT2D eigenvalue weighted by molar-refractivity contribution is 5.56. The number of piperidine rings is 1. The summed E-state index contributed by atoms with van der Waals surface area (Å²) in [6.07, 6.45) is 4.15. The summed E-state index contributed by atoms with van der Waals surface area (Å²) in [4.78, 5) is 11.3. The molecule has 5 nitrogen and oxygen atoms in total. The van der Waals surface area contributed by atoms with Crippen molar-refractivity contribution in [3.63, 3.8) is 0 Å². The smallest absolute Gasteiger partial charge is 0.161 e. The van der Waals surface area contributed by atoms with Gasteiger partial charge in [0.15, 0.2) is 5.82 Å². The van der Waals surface area contributed by atoms with Gasteiger partial charge < -0.3 is 15.3 Å². The molecule has 1 aliphatic heterocycles. The second-order valence-corrected chi connectivity index (χ2v) is 6.02. The average Bonchev–Trinajstić information content (AvgIpc) is 2.62. The zero-order valence-corrected chi connectivity index (χ0v) is 13.4. The van der Waals surface area contributed by atoms with Gasteiger partial charge >= 0.3 is 0 Å². The molecular weight excluding hydrogens is 288 g/mol. The van der Waals surface area contributed by atoms with E-state index in [1.54, 1.807) is 0 Å². The van der Waals surface area contributed by atoms with E-state index >= 15 is 0 Å². The molecule has 1 aromatic heterocycles. The fourth-order valence-corrected chi connectivity index (χ4v) is 2.99. The summed E-state index contributed by atoms with van der Waals surface area (Å²) in [6.45, 7) is 4.15. The SMILES string of the molecule is OCCN1CCC(CNc2ccnc(-c3ccccc3)n2)CC1. The molecule has 0 saturated carbocycles. The molecule has 0 unspecified atom stereocenters. The van der Waals surface area contributed by atoms with E-state index in [4.69, 9.17) is 5.11 Å². The summed E-state index contributed by atoms with van der Waals surface area (Å²) in [7, 11) is 0. The Morgan fingerprint density at radius 2 is 1.91 bits per heavy atom. The number of hydrogen-bond acceptors (Lipinski definition) is 5. The first-order valence-electron chi connectivity index (χ1n) is 8.30. The predicted molar refractivity (Wildman–Crippen MR) is 92.2 cm³/mol. The first-order chi connectivity index (χ1) is 11.3. The lowest BCUT2D eigenvalue weighted by atomic mass is 9.97. The highest BCUT2D eigenvalue weighted by atomic mass is 16.3. The number of anilines is 1. The molecule has 0 aliphatic carbocycles. The van der Waals surface area contributed by atoms with Gasteiger partial charge in [-0.3, -0.25) is 0 Å². The number of hydrogen-bond donors (Lipinski definition) is 2. The molecule has 5 heteroatoms. The maximum Gasteiger partial charge on any atom is 0.161 e. The number of aromatic nitrogens is 2. The van der Waals surface area contributed by atoms with E-state index in [2.05, 4.69) is 20.2 Å². The Bertz CT molecular complexity index is 597. The van der Waals surface area contributed by atoms with Crippen molar-refractivity contribution < 1.29 is 5.11 Å². The largest absolute Gasteiger partial charge is 0.395 e. The van der Waals surface area contributed by atoms with Crippen molar-refractivity contribution in [1.29, 1.82) is 0 Å². The predicted octanol–water partition coefficient (Wildman–Crippen LogP) is 2.26. The molecule has 3 rings (SSSR count). The maximum absolute atomic E-state index is 8.99. The van der Waals surface area contributed by atoms with Crippen LogP contribution in [0.4, 0.5) is 5.82 Å². The fourth-order valence-electron chi connectivity index (χ4n) is 2.99. The zero-order valence-electron chi connectivity index (χ0n) is 13.4. The summed E-state index contributed by atoms with van der Waals surface area (Å²) in [5.41, 5.74) is 1.04. The van der Waals surface area contributed by atoms with Crippen LogP contribution in [-0.2, 0) is 0 Å². The number of rotatable bonds is 6. The van der Waals surface area contributed by atoms with Crippen molar-refractivity contribution in [3.05, 3.63) is 42.6 Å². The first-order valence-corrected chi connectivity index (χ1v) is 8.30. The van der Waals surface area contributed by atoms with Crippen LogP contribution in [0, 0.1) is 5.92 Å². The molecule has 1 aliphatic rings. The molecule has 1 fully saturated rings. The minimum Gasteiger partial charge on any atom is -0.395 e. The van der Waals surface area contributed by atoms with Crippen molar-refractivity contribution in [2.45, 2.75) is 12.8 Å². The highest BCUT2D eigenvalue weighted by Gasteiger charge is 2.18. The number of nitrogens with one attached hydrogen (secondary N) is 1. The third-order valence-corrected chi connectivity index (χ3v) is 4.38. The lowest BCUT2D eigenvalue weighted by Crippen LogP contribution is -2.37. The lowest BCUT2D eigenvalue weighted by Gasteiger charge is -2.31. The molecule has 122 valence electrons. The minimum atomic E-state index is 0.256. The van der Waals surface area contributed by atoms with Gasteiger partial charge in [-0.15, -0.1) is 0 Å². The van der Waals surface area contributed by atoms with E-state index < -0.39 is 0 Å². The molecule has 2 N–H and O–H groups in total. The third-order valence-electron chi connectivity index (χ3n) is 4.38. The molecular formula is C18H24N4O. The first kappa shape index (κ1) is 15.9. The normalized spacial score (nSPS) is 16.4. The molecule has 0 bridgehead atoms. The van der Waals surface area contributed by atoms with Crippen LogP contribution in [0.5, 0.6) is 0 Å². The molecule has 0 spiro atoms. The number of aliphatic hydroxyl groups is 1. The molecule has 23 heavy (non-hydrogen) atoms. The van der Waals surface area contributed by atoms with Crippen molar-refractivity contribution in [2.75, 3.05) is 38.1 Å². The average molecular weight is 312 g/mol. The van der Waals surface area contributed by atoms with Crippen LogP contribution < -0.4 is 5.32 Å². The van der Waals surface area contributed by atoms with Crippen LogP contribution >= 0.6 is 0 Å². The van der Waals surface area contributed by atoms with Gasteiger partial charge in [-0.25, -0.2) is 9.97 Å². The van der Waals surface area contributed by atoms with Crippen LogP contribution in [0.3, 0.4) is 0 Å². The van der Waals surface area contributed by atoms with E-state index in [1.165, 1.54) is 12.8 Å². The number of nitrogens with zero attached hydrogens (tertiary/aromatic N) is 3. The maximum atomic E-state index is 8.99. The summed E-state index contributed by atoms with van der Waals surface area (Å²) in [6, 6.07) is 12.0. The summed E-state index contributed by atoms with van der Waals surface area (Å²) < 4.78 is 0. The second-order valence-electron chi connectivity index (χ2n) is 6.02. The van der Waals surface area contributed by atoms with Crippen molar-refractivity contribution >= 4 is 5.82 Å². The van der Waals surface area contributed by atoms with Gasteiger partial charge in [0.2, 0.25) is 0 Å². The van der Waals surface area contributed by atoms with Crippen molar-refractivity contribution in [1.82, 2.24) is 14.9 Å². The Morgan fingerprint density at radius 3 is 2.65 bits per heavy atom. The molecule has 2 aromatic rings. The van der Waals surface area contributed by atoms with Crippen molar-refractivity contribution in [2.24, 2.45) is 5.92 Å². The van der Waals surface area contributed by atoms with Crippen LogP contribution in [0.15, 0.2) is 42.6 Å². The topological polar surface area (TPSA) is 61.3 Å². The lowest BCUT2D eigenvalue weighted by molar-refractivity contribution is 0.151. The Kier molecular flexibility index (Phi) is 5.56. The van der Waals surface area contributed by atoms with Crippen LogP contribution in [0.1, 0.15) is 12.8 Å². The third kappa shape index (κ3) is 4.50. The summed E-state index contributed by atoms with van der Waals surface area (Å²) >= 11 is 0. The highest BCUT2D eigenvalue weighted by Crippen LogP contribution is 2.19. The molecule has 2 heterocycles. The van der Waals surface area contributed by atoms with E-state index in [0.717, 1.165) is 43.4 Å². The van der Waals surface area contributed by atoms with E-state index in [-0.39, 0.29) is 6.61 Å². The van der Waals surface area contributed by atoms with Gasteiger partial charge in [-0.2, -0.15) is 0 Å². The number of benzene rings is 1. The van der Waals surface area contributed by atoms with Gasteiger partial charge in [0, 0.05) is 24.8 Å². The van der Waals surface area contributed by atoms with Gasteiger partial charge in [-0.1, -0.05) is 30.3 Å².